The molecule has 1 N–H and O–H groups in total. The molecule has 0 radical (unpaired) electrons. The van der Waals surface area contributed by atoms with E-state index in [4.69, 9.17) is 0 Å². The van der Waals surface area contributed by atoms with Gasteiger partial charge in [-0.3, -0.25) is 10.00 Å². The molecule has 1 saturated heterocycles. The van der Waals surface area contributed by atoms with Gasteiger partial charge in [-0.05, 0) is 49.9 Å². The first-order valence-corrected chi connectivity index (χ1v) is 7.12. The lowest BCUT2D eigenvalue weighted by Crippen LogP contribution is -2.36. The summed E-state index contributed by atoms with van der Waals surface area (Å²) in [5, 5.41) is 7.12. The maximum Gasteiger partial charge on any atom is 0.0490 e. The van der Waals surface area contributed by atoms with Crippen molar-refractivity contribution in [2.24, 2.45) is 13.0 Å². The predicted molar refractivity (Wildman–Crippen MR) is 75.7 cm³/mol. The Morgan fingerprint density at radius 2 is 2.37 bits per heavy atom. The lowest BCUT2D eigenvalue weighted by Gasteiger charge is -2.32. The van der Waals surface area contributed by atoms with Crippen LogP contribution in [-0.4, -0.2) is 32.8 Å². The van der Waals surface area contributed by atoms with E-state index in [0.29, 0.717) is 0 Å². The first kappa shape index (κ1) is 12.5. The molecule has 2 aromatic heterocycles. The molecule has 1 unspecified atom stereocenters. The first-order valence-electron chi connectivity index (χ1n) is 7.12. The van der Waals surface area contributed by atoms with Crippen LogP contribution in [-0.2, 0) is 20.0 Å². The number of likely N-dealkylation sites (tertiary alicyclic amines) is 1. The topological polar surface area (TPSA) is 36.9 Å². The van der Waals surface area contributed by atoms with Gasteiger partial charge in [-0.2, -0.15) is 5.10 Å². The van der Waals surface area contributed by atoms with Gasteiger partial charge in [0.15, 0.2) is 0 Å². The number of hydrogen-bond acceptors (Lipinski definition) is 2. The van der Waals surface area contributed by atoms with Crippen molar-refractivity contribution in [2.75, 3.05) is 13.1 Å². The highest BCUT2D eigenvalue weighted by Gasteiger charge is 2.21. The van der Waals surface area contributed by atoms with Crippen LogP contribution in [0.1, 0.15) is 24.2 Å². The number of piperidine rings is 1. The van der Waals surface area contributed by atoms with E-state index < -0.39 is 0 Å². The van der Waals surface area contributed by atoms with E-state index in [0.717, 1.165) is 18.9 Å². The van der Waals surface area contributed by atoms with Gasteiger partial charge in [0.05, 0.1) is 0 Å². The average Bonchev–Trinajstić information content (AvgIpc) is 3.03. The van der Waals surface area contributed by atoms with Crippen LogP contribution in [0.5, 0.6) is 0 Å². The molecule has 4 heteroatoms. The fraction of sp³-hybridized carbons (Fsp3) is 0.533. The molecule has 0 aromatic carbocycles. The van der Waals surface area contributed by atoms with Crippen LogP contribution in [0.2, 0.25) is 0 Å². The normalized spacial score (nSPS) is 20.8. The molecule has 2 aromatic rings. The summed E-state index contributed by atoms with van der Waals surface area (Å²) in [5.41, 5.74) is 2.67. The summed E-state index contributed by atoms with van der Waals surface area (Å²) in [5.74, 6) is 0.759. The van der Waals surface area contributed by atoms with E-state index in [2.05, 4.69) is 51.1 Å². The zero-order valence-corrected chi connectivity index (χ0v) is 11.5. The second-order valence-corrected chi connectivity index (χ2v) is 5.64. The van der Waals surface area contributed by atoms with Crippen LogP contribution in [0, 0.1) is 5.92 Å². The van der Waals surface area contributed by atoms with Gasteiger partial charge < -0.3 is 4.57 Å². The van der Waals surface area contributed by atoms with E-state index in [1.165, 1.54) is 37.3 Å². The Morgan fingerprint density at radius 3 is 3.11 bits per heavy atom. The largest absolute Gasteiger partial charge is 0.353 e. The van der Waals surface area contributed by atoms with Crippen LogP contribution in [0.3, 0.4) is 0 Å². The number of nitrogens with zero attached hydrogens (tertiary/aromatic N) is 3. The number of rotatable bonds is 4. The third kappa shape index (κ3) is 3.07. The minimum Gasteiger partial charge on any atom is -0.353 e. The van der Waals surface area contributed by atoms with Gasteiger partial charge in [-0.25, -0.2) is 0 Å². The van der Waals surface area contributed by atoms with Crippen molar-refractivity contribution in [3.63, 3.8) is 0 Å². The van der Waals surface area contributed by atoms with Crippen molar-refractivity contribution in [2.45, 2.75) is 25.8 Å². The fourth-order valence-corrected chi connectivity index (χ4v) is 3.06. The van der Waals surface area contributed by atoms with Crippen molar-refractivity contribution in [1.82, 2.24) is 19.7 Å². The molecule has 1 atom stereocenters. The molecule has 3 rings (SSSR count). The summed E-state index contributed by atoms with van der Waals surface area (Å²) in [4.78, 5) is 2.58. The molecule has 0 saturated carbocycles. The second kappa shape index (κ2) is 5.61. The third-order valence-electron chi connectivity index (χ3n) is 4.11. The molecule has 0 aliphatic carbocycles. The van der Waals surface area contributed by atoms with E-state index in [9.17, 15) is 0 Å². The van der Waals surface area contributed by atoms with Gasteiger partial charge in [0.25, 0.3) is 0 Å². The Bertz CT molecular complexity index is 500. The maximum atomic E-state index is 4.04. The molecule has 1 aliphatic heterocycles. The van der Waals surface area contributed by atoms with Gasteiger partial charge in [0, 0.05) is 43.9 Å². The van der Waals surface area contributed by atoms with E-state index in [1.807, 2.05) is 6.20 Å². The Morgan fingerprint density at radius 1 is 1.42 bits per heavy atom. The average molecular weight is 258 g/mol. The Labute approximate surface area is 114 Å². The predicted octanol–water partition coefficient (Wildman–Crippen LogP) is 2.20. The summed E-state index contributed by atoms with van der Waals surface area (Å²) < 4.78 is 2.22. The SMILES string of the molecule is Cn1cccc1CN1CCCC(Cc2ccn[nH]2)C1. The van der Waals surface area contributed by atoms with Gasteiger partial charge in [0.2, 0.25) is 0 Å². The van der Waals surface area contributed by atoms with Gasteiger partial charge >= 0.3 is 0 Å². The molecule has 0 amide bonds. The highest BCUT2D eigenvalue weighted by atomic mass is 15.2. The number of hydrogen-bond donors (Lipinski definition) is 1. The van der Waals surface area contributed by atoms with Crippen LogP contribution in [0.25, 0.3) is 0 Å². The molecule has 0 bridgehead atoms. The minimum atomic E-state index is 0.759. The molecule has 19 heavy (non-hydrogen) atoms. The van der Waals surface area contributed by atoms with Crippen molar-refractivity contribution >= 4 is 0 Å². The molecular formula is C15H22N4. The van der Waals surface area contributed by atoms with Gasteiger partial charge in [0.1, 0.15) is 0 Å². The van der Waals surface area contributed by atoms with Gasteiger partial charge in [-0.1, -0.05) is 0 Å². The first-order chi connectivity index (χ1) is 9.31. The Kier molecular flexibility index (Phi) is 3.69. The number of aryl methyl sites for hydroxylation is 1. The van der Waals surface area contributed by atoms with Crippen LogP contribution >= 0.6 is 0 Å². The monoisotopic (exact) mass is 258 g/mol. The zero-order valence-electron chi connectivity index (χ0n) is 11.5. The van der Waals surface area contributed by atoms with Crippen LogP contribution < -0.4 is 0 Å². The maximum absolute atomic E-state index is 4.04. The highest BCUT2D eigenvalue weighted by Crippen LogP contribution is 2.21. The molecule has 0 spiro atoms. The van der Waals surface area contributed by atoms with Crippen LogP contribution in [0.4, 0.5) is 0 Å². The summed E-state index contributed by atoms with van der Waals surface area (Å²) >= 11 is 0. The van der Waals surface area contributed by atoms with E-state index >= 15 is 0 Å². The second-order valence-electron chi connectivity index (χ2n) is 5.64. The van der Waals surface area contributed by atoms with E-state index in [-0.39, 0.29) is 0 Å². The minimum absolute atomic E-state index is 0.759. The van der Waals surface area contributed by atoms with Gasteiger partial charge in [-0.15, -0.1) is 0 Å². The summed E-state index contributed by atoms with van der Waals surface area (Å²) in [6.07, 6.45) is 7.75. The molecule has 4 nitrogen and oxygen atoms in total. The highest BCUT2D eigenvalue weighted by molar-refractivity contribution is 5.06. The standard InChI is InChI=1S/C15H22N4/c1-18-8-3-5-15(18)12-19-9-2-4-13(11-19)10-14-6-7-16-17-14/h3,5-8,13H,2,4,9-12H2,1H3,(H,16,17). The molecule has 102 valence electrons. The lowest BCUT2D eigenvalue weighted by atomic mass is 9.93. The van der Waals surface area contributed by atoms with Crippen molar-refractivity contribution in [3.05, 3.63) is 42.0 Å². The van der Waals surface area contributed by atoms with Crippen molar-refractivity contribution in [1.29, 1.82) is 0 Å². The van der Waals surface area contributed by atoms with Crippen molar-refractivity contribution < 1.29 is 0 Å². The molecular weight excluding hydrogens is 236 g/mol. The fourth-order valence-electron chi connectivity index (χ4n) is 3.06. The Balaban J connectivity index is 1.57. The molecule has 3 heterocycles. The summed E-state index contributed by atoms with van der Waals surface area (Å²) in [6, 6.07) is 6.44. The summed E-state index contributed by atoms with van der Waals surface area (Å²) in [7, 11) is 2.13. The van der Waals surface area contributed by atoms with Crippen molar-refractivity contribution in [3.8, 4) is 0 Å². The smallest absolute Gasteiger partial charge is 0.0490 e. The molecule has 1 fully saturated rings. The lowest BCUT2D eigenvalue weighted by molar-refractivity contribution is 0.163. The van der Waals surface area contributed by atoms with Crippen LogP contribution in [0.15, 0.2) is 30.6 Å². The quantitative estimate of drug-likeness (QED) is 0.913. The number of nitrogens with one attached hydrogen (secondary N) is 1. The van der Waals surface area contributed by atoms with E-state index in [1.54, 1.807) is 0 Å². The zero-order chi connectivity index (χ0) is 13.1. The number of H-pyrrole nitrogens is 1. The third-order valence-corrected chi connectivity index (χ3v) is 4.11. The number of aromatic amines is 1. The summed E-state index contributed by atoms with van der Waals surface area (Å²) in [6.45, 7) is 3.50. The number of aromatic nitrogens is 3. The Hall–Kier alpha value is -1.55. The molecule has 1 aliphatic rings.